The number of carbonyl (C=O) groups excluding carboxylic acids is 1. The molecule has 0 bridgehead atoms. The quantitative estimate of drug-likeness (QED) is 0.747. The topological polar surface area (TPSA) is 87.7 Å². The Labute approximate surface area is 113 Å². The number of piperidine rings is 1. The predicted octanol–water partition coefficient (Wildman–Crippen LogP) is 0.0512. The van der Waals surface area contributed by atoms with Gasteiger partial charge in [-0.25, -0.2) is 9.52 Å². The summed E-state index contributed by atoms with van der Waals surface area (Å²) < 4.78 is 31.4. The minimum atomic E-state index is -3.77. The van der Waals surface area contributed by atoms with Gasteiger partial charge in [0.2, 0.25) is 0 Å². The summed E-state index contributed by atoms with van der Waals surface area (Å²) in [4.78, 5) is 11.0. The molecule has 0 spiro atoms. The molecule has 110 valence electrons. The van der Waals surface area contributed by atoms with Gasteiger partial charge in [0.15, 0.2) is 0 Å². The van der Waals surface area contributed by atoms with Crippen molar-refractivity contribution in [3.8, 4) is 0 Å². The van der Waals surface area contributed by atoms with Crippen LogP contribution in [0.1, 0.15) is 25.7 Å². The maximum atomic E-state index is 11.9. The molecule has 1 aliphatic carbocycles. The van der Waals surface area contributed by atoms with Gasteiger partial charge >= 0.3 is 16.3 Å². The Morgan fingerprint density at radius 1 is 1.37 bits per heavy atom. The second-order valence-corrected chi connectivity index (χ2v) is 6.82. The van der Waals surface area contributed by atoms with Gasteiger partial charge in [0.05, 0.1) is 7.11 Å². The molecule has 8 heteroatoms. The molecule has 1 unspecified atom stereocenters. The van der Waals surface area contributed by atoms with Crippen molar-refractivity contribution in [3.05, 3.63) is 0 Å². The zero-order valence-corrected chi connectivity index (χ0v) is 11.9. The monoisotopic (exact) mass is 291 g/mol. The van der Waals surface area contributed by atoms with Crippen LogP contribution in [0.25, 0.3) is 0 Å². The number of rotatable bonds is 5. The van der Waals surface area contributed by atoms with E-state index < -0.39 is 16.3 Å². The first-order valence-corrected chi connectivity index (χ1v) is 8.04. The van der Waals surface area contributed by atoms with Crippen molar-refractivity contribution < 1.29 is 17.9 Å². The summed E-state index contributed by atoms with van der Waals surface area (Å²) in [5, 5.41) is 3.42. The first-order chi connectivity index (χ1) is 9.01. The van der Waals surface area contributed by atoms with Crippen LogP contribution in [0.3, 0.4) is 0 Å². The highest BCUT2D eigenvalue weighted by Gasteiger charge is 2.31. The average molecular weight is 291 g/mol. The zero-order chi connectivity index (χ0) is 13.9. The first-order valence-electron chi connectivity index (χ1n) is 6.60. The van der Waals surface area contributed by atoms with E-state index in [2.05, 4.69) is 10.1 Å². The molecule has 1 heterocycles. The summed E-state index contributed by atoms with van der Waals surface area (Å²) in [6.07, 6.45) is 3.33. The van der Waals surface area contributed by atoms with Crippen molar-refractivity contribution >= 4 is 16.3 Å². The van der Waals surface area contributed by atoms with Crippen LogP contribution in [0.2, 0.25) is 0 Å². The standard InChI is InChI=1S/C11H21N3O4S/c1-18-11(15)13-19(16,17)14-6-2-3-9(8-14)7-12-10-4-5-10/h9-10,12H,2-8H2,1H3,(H,13,15). The van der Waals surface area contributed by atoms with Crippen LogP contribution < -0.4 is 10.0 Å². The van der Waals surface area contributed by atoms with Gasteiger partial charge in [0, 0.05) is 19.1 Å². The molecular weight excluding hydrogens is 270 g/mol. The van der Waals surface area contributed by atoms with Crippen LogP contribution in [0.5, 0.6) is 0 Å². The Kier molecular flexibility index (Phi) is 4.64. The van der Waals surface area contributed by atoms with Crippen molar-refractivity contribution in [2.45, 2.75) is 31.7 Å². The van der Waals surface area contributed by atoms with Crippen molar-refractivity contribution in [2.24, 2.45) is 5.92 Å². The number of carbonyl (C=O) groups is 1. The third-order valence-electron chi connectivity index (χ3n) is 3.49. The Morgan fingerprint density at radius 2 is 2.11 bits per heavy atom. The van der Waals surface area contributed by atoms with Crippen LogP contribution in [-0.4, -0.2) is 51.6 Å². The number of methoxy groups -OCH3 is 1. The van der Waals surface area contributed by atoms with Crippen molar-refractivity contribution in [2.75, 3.05) is 26.7 Å². The summed E-state index contributed by atoms with van der Waals surface area (Å²) in [7, 11) is -2.63. The second-order valence-electron chi connectivity index (χ2n) is 5.15. The molecule has 1 saturated carbocycles. The minimum absolute atomic E-state index is 0.309. The molecule has 2 aliphatic rings. The molecule has 0 aromatic heterocycles. The van der Waals surface area contributed by atoms with Crippen LogP contribution in [-0.2, 0) is 14.9 Å². The van der Waals surface area contributed by atoms with Gasteiger partial charge < -0.3 is 10.1 Å². The van der Waals surface area contributed by atoms with Crippen LogP contribution >= 0.6 is 0 Å². The summed E-state index contributed by atoms with van der Waals surface area (Å²) in [5.41, 5.74) is 0. The van der Waals surface area contributed by atoms with E-state index in [1.165, 1.54) is 17.1 Å². The molecule has 19 heavy (non-hydrogen) atoms. The maximum absolute atomic E-state index is 11.9. The fourth-order valence-corrected chi connectivity index (χ4v) is 3.44. The van der Waals surface area contributed by atoms with E-state index in [4.69, 9.17) is 0 Å². The second kappa shape index (κ2) is 6.06. The largest absolute Gasteiger partial charge is 0.452 e. The molecule has 7 nitrogen and oxygen atoms in total. The highest BCUT2D eigenvalue weighted by atomic mass is 32.2. The fourth-order valence-electron chi connectivity index (χ4n) is 2.24. The van der Waals surface area contributed by atoms with Gasteiger partial charge in [0.25, 0.3) is 0 Å². The van der Waals surface area contributed by atoms with E-state index in [0.717, 1.165) is 26.5 Å². The predicted molar refractivity (Wildman–Crippen MR) is 69.8 cm³/mol. The van der Waals surface area contributed by atoms with E-state index >= 15 is 0 Å². The molecule has 1 atom stereocenters. The fraction of sp³-hybridized carbons (Fsp3) is 0.909. The molecule has 2 fully saturated rings. The molecule has 0 aromatic rings. The van der Waals surface area contributed by atoms with Crippen LogP contribution in [0, 0.1) is 5.92 Å². The van der Waals surface area contributed by atoms with E-state index in [-0.39, 0.29) is 0 Å². The number of ether oxygens (including phenoxy) is 1. The van der Waals surface area contributed by atoms with Crippen molar-refractivity contribution in [1.82, 2.24) is 14.3 Å². The molecule has 0 radical (unpaired) electrons. The number of amides is 1. The Bertz CT molecular complexity index is 422. The Morgan fingerprint density at radius 3 is 2.74 bits per heavy atom. The molecule has 2 rings (SSSR count). The zero-order valence-electron chi connectivity index (χ0n) is 11.1. The molecule has 1 saturated heterocycles. The lowest BCUT2D eigenvalue weighted by molar-refractivity contribution is 0.176. The van der Waals surface area contributed by atoms with Gasteiger partial charge in [0.1, 0.15) is 0 Å². The highest BCUT2D eigenvalue weighted by Crippen LogP contribution is 2.22. The Balaban J connectivity index is 1.86. The smallest absolute Gasteiger partial charge is 0.421 e. The highest BCUT2D eigenvalue weighted by molar-refractivity contribution is 7.87. The molecule has 1 amide bonds. The van der Waals surface area contributed by atoms with Gasteiger partial charge in [-0.1, -0.05) is 0 Å². The summed E-state index contributed by atoms with van der Waals surface area (Å²) >= 11 is 0. The van der Waals surface area contributed by atoms with Gasteiger partial charge in [-0.05, 0) is 38.1 Å². The average Bonchev–Trinajstić information content (AvgIpc) is 3.20. The van der Waals surface area contributed by atoms with Gasteiger partial charge in [-0.3, -0.25) is 0 Å². The lowest BCUT2D eigenvalue weighted by Gasteiger charge is -2.31. The van der Waals surface area contributed by atoms with E-state index in [1.807, 2.05) is 4.72 Å². The van der Waals surface area contributed by atoms with E-state index in [0.29, 0.717) is 25.0 Å². The first kappa shape index (κ1) is 14.5. The number of nitrogens with one attached hydrogen (secondary N) is 2. The van der Waals surface area contributed by atoms with Crippen LogP contribution in [0.15, 0.2) is 0 Å². The lowest BCUT2D eigenvalue weighted by Crippen LogP contribution is -2.49. The normalized spacial score (nSPS) is 25.0. The molecular formula is C11H21N3O4S. The van der Waals surface area contributed by atoms with Gasteiger partial charge in [-0.2, -0.15) is 12.7 Å². The van der Waals surface area contributed by atoms with Gasteiger partial charge in [-0.15, -0.1) is 0 Å². The minimum Gasteiger partial charge on any atom is -0.452 e. The third-order valence-corrected chi connectivity index (χ3v) is 4.93. The molecule has 0 aromatic carbocycles. The van der Waals surface area contributed by atoms with Crippen molar-refractivity contribution in [1.29, 1.82) is 0 Å². The summed E-state index contributed by atoms with van der Waals surface area (Å²) in [5.74, 6) is 0.309. The van der Waals surface area contributed by atoms with Crippen molar-refractivity contribution in [3.63, 3.8) is 0 Å². The molecule has 1 aliphatic heterocycles. The van der Waals surface area contributed by atoms with E-state index in [1.54, 1.807) is 0 Å². The Hall–Kier alpha value is -0.860. The number of nitrogens with zero attached hydrogens (tertiary/aromatic N) is 1. The third kappa shape index (κ3) is 4.32. The summed E-state index contributed by atoms with van der Waals surface area (Å²) in [6.45, 7) is 1.74. The molecule has 2 N–H and O–H groups in total. The number of hydrogen-bond donors (Lipinski definition) is 2. The lowest BCUT2D eigenvalue weighted by atomic mass is 10.00. The SMILES string of the molecule is COC(=O)NS(=O)(=O)N1CCCC(CNC2CC2)C1. The van der Waals surface area contributed by atoms with E-state index in [9.17, 15) is 13.2 Å². The van der Waals surface area contributed by atoms with Crippen LogP contribution in [0.4, 0.5) is 4.79 Å². The number of hydrogen-bond acceptors (Lipinski definition) is 5. The summed E-state index contributed by atoms with van der Waals surface area (Å²) in [6, 6.07) is 0.625. The maximum Gasteiger partial charge on any atom is 0.421 e.